The van der Waals surface area contributed by atoms with Gasteiger partial charge in [-0.1, -0.05) is 15.9 Å². The number of anilines is 1. The van der Waals surface area contributed by atoms with Gasteiger partial charge in [-0.15, -0.1) is 11.8 Å². The van der Waals surface area contributed by atoms with E-state index < -0.39 is 6.04 Å². The molecule has 0 radical (unpaired) electrons. The van der Waals surface area contributed by atoms with Gasteiger partial charge in [-0.3, -0.25) is 9.59 Å². The molecule has 1 aliphatic heterocycles. The summed E-state index contributed by atoms with van der Waals surface area (Å²) in [5, 5.41) is 11.6. The number of benzene rings is 2. The lowest BCUT2D eigenvalue weighted by Gasteiger charge is -2.23. The van der Waals surface area contributed by atoms with Crippen LogP contribution in [0.15, 0.2) is 53.0 Å². The van der Waals surface area contributed by atoms with E-state index in [2.05, 4.69) is 21.2 Å². The fraction of sp³-hybridized carbons (Fsp3) is 0.211. The summed E-state index contributed by atoms with van der Waals surface area (Å²) in [6.45, 7) is -0.122. The molecule has 8 heteroatoms. The fourth-order valence-corrected chi connectivity index (χ4v) is 3.96. The van der Waals surface area contributed by atoms with Crippen LogP contribution in [0.2, 0.25) is 0 Å². The van der Waals surface area contributed by atoms with Crippen LogP contribution in [0, 0.1) is 11.3 Å². The van der Waals surface area contributed by atoms with Gasteiger partial charge in [0.2, 0.25) is 5.91 Å². The van der Waals surface area contributed by atoms with Crippen LogP contribution in [0.3, 0.4) is 0 Å². The number of hydrogen-bond acceptors (Lipinski definition) is 5. The van der Waals surface area contributed by atoms with Crippen molar-refractivity contribution < 1.29 is 14.3 Å². The van der Waals surface area contributed by atoms with Crippen LogP contribution in [-0.2, 0) is 9.59 Å². The van der Waals surface area contributed by atoms with Crippen molar-refractivity contribution in [2.45, 2.75) is 6.04 Å². The number of nitrogens with one attached hydrogen (secondary N) is 1. The highest BCUT2D eigenvalue weighted by Gasteiger charge is 2.34. The number of carbonyl (C=O) groups is 2. The molecule has 0 aromatic heterocycles. The van der Waals surface area contributed by atoms with E-state index in [9.17, 15) is 9.59 Å². The van der Waals surface area contributed by atoms with Gasteiger partial charge in [-0.25, -0.2) is 0 Å². The molecule has 1 heterocycles. The molecular formula is C19H16BrN3O3S. The summed E-state index contributed by atoms with van der Waals surface area (Å²) in [7, 11) is 0. The molecule has 138 valence electrons. The fourth-order valence-electron chi connectivity index (χ4n) is 2.52. The molecule has 3 rings (SSSR count). The third kappa shape index (κ3) is 5.02. The minimum Gasteiger partial charge on any atom is -0.484 e. The second-order valence-corrected chi connectivity index (χ2v) is 7.72. The number of nitrogens with zero attached hydrogens (tertiary/aromatic N) is 2. The van der Waals surface area contributed by atoms with Crippen LogP contribution in [0.5, 0.6) is 5.75 Å². The zero-order valence-corrected chi connectivity index (χ0v) is 16.6. The van der Waals surface area contributed by atoms with Gasteiger partial charge in [0.25, 0.3) is 5.91 Å². The molecule has 1 fully saturated rings. The standard InChI is InChI=1S/C19H16BrN3O3S/c20-14-3-7-16(8-4-14)26-10-18(24)23-12-27-11-17(23)19(25)22-15-5-1-13(9-21)2-6-15/h1-8,17H,10-12H2,(H,22,25). The molecule has 0 saturated carbocycles. The minimum absolute atomic E-state index is 0.122. The molecule has 1 N–H and O–H groups in total. The second kappa shape index (κ2) is 8.93. The SMILES string of the molecule is N#Cc1ccc(NC(=O)C2CSCN2C(=O)COc2ccc(Br)cc2)cc1. The number of thioether (sulfide) groups is 1. The zero-order chi connectivity index (χ0) is 19.2. The highest BCUT2D eigenvalue weighted by atomic mass is 79.9. The van der Waals surface area contributed by atoms with Gasteiger partial charge in [0, 0.05) is 15.9 Å². The molecule has 1 unspecified atom stereocenters. The Morgan fingerprint density at radius 2 is 1.93 bits per heavy atom. The molecule has 1 aliphatic rings. The molecule has 0 aliphatic carbocycles. The lowest BCUT2D eigenvalue weighted by Crippen LogP contribution is -2.46. The summed E-state index contributed by atoms with van der Waals surface area (Å²) in [5.41, 5.74) is 1.11. The van der Waals surface area contributed by atoms with E-state index in [0.29, 0.717) is 28.6 Å². The van der Waals surface area contributed by atoms with E-state index in [-0.39, 0.29) is 18.4 Å². The van der Waals surface area contributed by atoms with Gasteiger partial charge in [-0.2, -0.15) is 5.26 Å². The van der Waals surface area contributed by atoms with Crippen LogP contribution in [0.25, 0.3) is 0 Å². The highest BCUT2D eigenvalue weighted by molar-refractivity contribution is 9.10. The van der Waals surface area contributed by atoms with E-state index in [1.54, 1.807) is 36.4 Å². The van der Waals surface area contributed by atoms with Crippen molar-refractivity contribution in [3.05, 3.63) is 58.6 Å². The molecule has 0 spiro atoms. The molecule has 2 amide bonds. The van der Waals surface area contributed by atoms with E-state index in [1.165, 1.54) is 16.7 Å². The Labute approximate surface area is 169 Å². The molecular weight excluding hydrogens is 430 g/mol. The van der Waals surface area contributed by atoms with Crippen molar-refractivity contribution in [1.82, 2.24) is 4.90 Å². The van der Waals surface area contributed by atoms with Crippen LogP contribution in [-0.4, -0.2) is 41.0 Å². The topological polar surface area (TPSA) is 82.4 Å². The first-order valence-corrected chi connectivity index (χ1v) is 10.1. The molecule has 27 heavy (non-hydrogen) atoms. The molecule has 1 saturated heterocycles. The summed E-state index contributed by atoms with van der Waals surface area (Å²) >= 11 is 4.87. The number of nitriles is 1. The Balaban J connectivity index is 1.58. The summed E-state index contributed by atoms with van der Waals surface area (Å²) in [4.78, 5) is 26.6. The Morgan fingerprint density at radius 3 is 2.59 bits per heavy atom. The Hall–Kier alpha value is -2.50. The summed E-state index contributed by atoms with van der Waals surface area (Å²) in [6.07, 6.45) is 0. The summed E-state index contributed by atoms with van der Waals surface area (Å²) in [5.74, 6) is 1.10. The monoisotopic (exact) mass is 445 g/mol. The lowest BCUT2D eigenvalue weighted by atomic mass is 10.2. The largest absolute Gasteiger partial charge is 0.484 e. The number of carbonyl (C=O) groups excluding carboxylic acids is 2. The van der Waals surface area contributed by atoms with Gasteiger partial charge >= 0.3 is 0 Å². The Kier molecular flexibility index (Phi) is 6.37. The summed E-state index contributed by atoms with van der Waals surface area (Å²) < 4.78 is 6.45. The summed E-state index contributed by atoms with van der Waals surface area (Å²) in [6, 6.07) is 15.3. The first-order valence-electron chi connectivity index (χ1n) is 8.13. The third-order valence-corrected chi connectivity index (χ3v) is 5.50. The predicted octanol–water partition coefficient (Wildman–Crippen LogP) is 3.24. The number of rotatable bonds is 5. The number of ether oxygens (including phenoxy) is 1. The third-order valence-electron chi connectivity index (χ3n) is 3.96. The lowest BCUT2D eigenvalue weighted by molar-refractivity contribution is -0.137. The maximum atomic E-state index is 12.6. The molecule has 2 aromatic rings. The molecule has 1 atom stereocenters. The first-order chi connectivity index (χ1) is 13.1. The maximum Gasteiger partial charge on any atom is 0.261 e. The number of amides is 2. The van der Waals surface area contributed by atoms with Gasteiger partial charge in [0.05, 0.1) is 17.5 Å². The van der Waals surface area contributed by atoms with Crippen LogP contribution < -0.4 is 10.1 Å². The van der Waals surface area contributed by atoms with Crippen molar-refractivity contribution in [3.63, 3.8) is 0 Å². The predicted molar refractivity (Wildman–Crippen MR) is 107 cm³/mol. The quantitative estimate of drug-likeness (QED) is 0.763. The minimum atomic E-state index is -0.549. The zero-order valence-electron chi connectivity index (χ0n) is 14.2. The van der Waals surface area contributed by atoms with Crippen molar-refractivity contribution in [3.8, 4) is 11.8 Å². The molecule has 2 aromatic carbocycles. The van der Waals surface area contributed by atoms with Crippen LogP contribution in [0.4, 0.5) is 5.69 Å². The molecule has 6 nitrogen and oxygen atoms in total. The van der Waals surface area contributed by atoms with Gasteiger partial charge < -0.3 is 15.0 Å². The first kappa shape index (κ1) is 19.3. The average Bonchev–Trinajstić information content (AvgIpc) is 3.18. The normalized spacial score (nSPS) is 15.9. The Morgan fingerprint density at radius 1 is 1.22 bits per heavy atom. The van der Waals surface area contributed by atoms with Crippen molar-refractivity contribution >= 4 is 45.2 Å². The Bertz CT molecular complexity index is 865. The van der Waals surface area contributed by atoms with Gasteiger partial charge in [0.15, 0.2) is 6.61 Å². The van der Waals surface area contributed by atoms with Crippen LogP contribution in [0.1, 0.15) is 5.56 Å². The van der Waals surface area contributed by atoms with E-state index >= 15 is 0 Å². The smallest absolute Gasteiger partial charge is 0.261 e. The van der Waals surface area contributed by atoms with Gasteiger partial charge in [-0.05, 0) is 48.5 Å². The number of halogens is 1. The molecule has 0 bridgehead atoms. The maximum absolute atomic E-state index is 12.6. The van der Waals surface area contributed by atoms with E-state index in [0.717, 1.165) is 4.47 Å². The van der Waals surface area contributed by atoms with Crippen molar-refractivity contribution in [2.24, 2.45) is 0 Å². The van der Waals surface area contributed by atoms with Crippen molar-refractivity contribution in [2.75, 3.05) is 23.6 Å². The highest BCUT2D eigenvalue weighted by Crippen LogP contribution is 2.23. The van der Waals surface area contributed by atoms with E-state index in [4.69, 9.17) is 10.00 Å². The van der Waals surface area contributed by atoms with E-state index in [1.807, 2.05) is 18.2 Å². The number of hydrogen-bond donors (Lipinski definition) is 1. The van der Waals surface area contributed by atoms with Gasteiger partial charge in [0.1, 0.15) is 11.8 Å². The van der Waals surface area contributed by atoms with Crippen LogP contribution >= 0.6 is 27.7 Å². The second-order valence-electron chi connectivity index (χ2n) is 5.80. The average molecular weight is 446 g/mol. The van der Waals surface area contributed by atoms with Crippen molar-refractivity contribution in [1.29, 1.82) is 5.26 Å².